The summed E-state index contributed by atoms with van der Waals surface area (Å²) in [7, 11) is 0. The van der Waals surface area contributed by atoms with Gasteiger partial charge in [-0.1, -0.05) is 0 Å². The van der Waals surface area contributed by atoms with E-state index in [0.717, 1.165) is 12.1 Å². The van der Waals surface area contributed by atoms with E-state index in [2.05, 4.69) is 10.2 Å². The lowest BCUT2D eigenvalue weighted by Gasteiger charge is -2.11. The molecular formula is C12H12F4N4. The molecule has 4 nitrogen and oxygen atoms in total. The average molecular weight is 288 g/mol. The van der Waals surface area contributed by atoms with Crippen LogP contribution in [0.2, 0.25) is 0 Å². The van der Waals surface area contributed by atoms with Gasteiger partial charge in [-0.15, -0.1) is 10.2 Å². The van der Waals surface area contributed by atoms with Gasteiger partial charge in [0.25, 0.3) is 0 Å². The lowest BCUT2D eigenvalue weighted by atomic mass is 10.1. The molecule has 20 heavy (non-hydrogen) atoms. The number of rotatable bonds is 3. The first-order chi connectivity index (χ1) is 9.38. The van der Waals surface area contributed by atoms with E-state index < -0.39 is 17.6 Å². The molecule has 0 atom stereocenters. The molecule has 0 aliphatic carbocycles. The van der Waals surface area contributed by atoms with Gasteiger partial charge in [0, 0.05) is 12.1 Å². The predicted octanol–water partition coefficient (Wildman–Crippen LogP) is 2.58. The monoisotopic (exact) mass is 288 g/mol. The Morgan fingerprint density at radius 3 is 2.50 bits per heavy atom. The molecule has 0 unspecified atom stereocenters. The average Bonchev–Trinajstić information content (AvgIpc) is 2.80. The highest BCUT2D eigenvalue weighted by Crippen LogP contribution is 2.34. The van der Waals surface area contributed by atoms with Crippen LogP contribution in [0, 0.1) is 5.82 Å². The van der Waals surface area contributed by atoms with Crippen LogP contribution in [-0.4, -0.2) is 14.8 Å². The zero-order valence-corrected chi connectivity index (χ0v) is 10.6. The molecule has 0 aliphatic rings. The van der Waals surface area contributed by atoms with E-state index in [1.807, 2.05) is 0 Å². The maximum absolute atomic E-state index is 13.3. The second-order valence-corrected chi connectivity index (χ2v) is 4.08. The largest absolute Gasteiger partial charge is 0.419 e. The summed E-state index contributed by atoms with van der Waals surface area (Å²) < 4.78 is 52.9. The lowest BCUT2D eigenvalue weighted by molar-refractivity contribution is -0.139. The summed E-state index contributed by atoms with van der Waals surface area (Å²) >= 11 is 0. The number of aromatic nitrogens is 3. The van der Waals surface area contributed by atoms with Crippen molar-refractivity contribution in [3.8, 4) is 11.4 Å². The predicted molar refractivity (Wildman–Crippen MR) is 64.0 cm³/mol. The van der Waals surface area contributed by atoms with Crippen molar-refractivity contribution in [3.05, 3.63) is 35.4 Å². The normalized spacial score (nSPS) is 11.9. The van der Waals surface area contributed by atoms with Crippen molar-refractivity contribution >= 4 is 0 Å². The minimum atomic E-state index is -4.76. The van der Waals surface area contributed by atoms with Gasteiger partial charge in [-0.3, -0.25) is 0 Å². The van der Waals surface area contributed by atoms with Gasteiger partial charge in [0.2, 0.25) is 0 Å². The van der Waals surface area contributed by atoms with Crippen molar-refractivity contribution in [2.75, 3.05) is 0 Å². The SMILES string of the molecule is CCn1c(CN)nnc1-c1ccc(F)c(C(F)(F)F)c1. The lowest BCUT2D eigenvalue weighted by Crippen LogP contribution is -2.10. The van der Waals surface area contributed by atoms with Gasteiger partial charge in [0.15, 0.2) is 5.82 Å². The highest BCUT2D eigenvalue weighted by Gasteiger charge is 2.34. The molecule has 1 heterocycles. The first-order valence-corrected chi connectivity index (χ1v) is 5.87. The summed E-state index contributed by atoms with van der Waals surface area (Å²) in [6, 6.07) is 2.74. The smallest absolute Gasteiger partial charge is 0.324 e. The Morgan fingerprint density at radius 2 is 1.95 bits per heavy atom. The van der Waals surface area contributed by atoms with E-state index in [1.165, 1.54) is 6.07 Å². The highest BCUT2D eigenvalue weighted by molar-refractivity contribution is 5.57. The number of halogens is 4. The molecule has 0 aliphatic heterocycles. The summed E-state index contributed by atoms with van der Waals surface area (Å²) in [6.07, 6.45) is -4.76. The fourth-order valence-electron chi connectivity index (χ4n) is 1.91. The molecule has 2 rings (SSSR count). The van der Waals surface area contributed by atoms with Gasteiger partial charge in [-0.2, -0.15) is 13.2 Å². The fraction of sp³-hybridized carbons (Fsp3) is 0.333. The first kappa shape index (κ1) is 14.4. The van der Waals surface area contributed by atoms with E-state index in [9.17, 15) is 17.6 Å². The Balaban J connectivity index is 2.57. The zero-order chi connectivity index (χ0) is 14.9. The van der Waals surface area contributed by atoms with Crippen molar-refractivity contribution < 1.29 is 17.6 Å². The van der Waals surface area contributed by atoms with Crippen molar-refractivity contribution in [2.24, 2.45) is 5.73 Å². The molecule has 2 N–H and O–H groups in total. The topological polar surface area (TPSA) is 56.7 Å². The summed E-state index contributed by atoms with van der Waals surface area (Å²) in [5.74, 6) is -0.623. The van der Waals surface area contributed by atoms with E-state index in [0.29, 0.717) is 12.4 Å². The number of benzene rings is 1. The molecule has 0 radical (unpaired) electrons. The number of nitrogens with two attached hydrogens (primary N) is 1. The van der Waals surface area contributed by atoms with Crippen LogP contribution in [0.1, 0.15) is 18.3 Å². The zero-order valence-electron chi connectivity index (χ0n) is 10.6. The number of hydrogen-bond donors (Lipinski definition) is 1. The van der Waals surface area contributed by atoms with Crippen molar-refractivity contribution in [1.82, 2.24) is 14.8 Å². The third kappa shape index (κ3) is 2.51. The van der Waals surface area contributed by atoms with Gasteiger partial charge >= 0.3 is 6.18 Å². The van der Waals surface area contributed by atoms with Crippen LogP contribution >= 0.6 is 0 Å². The van der Waals surface area contributed by atoms with Crippen molar-refractivity contribution in [2.45, 2.75) is 26.2 Å². The van der Waals surface area contributed by atoms with Crippen LogP contribution in [0.25, 0.3) is 11.4 Å². The molecule has 0 saturated heterocycles. The standard InChI is InChI=1S/C12H12F4N4/c1-2-20-10(6-17)18-19-11(20)7-3-4-9(13)8(5-7)12(14,15)16/h3-5H,2,6,17H2,1H3. The molecule has 1 aromatic heterocycles. The molecule has 0 bridgehead atoms. The first-order valence-electron chi connectivity index (χ1n) is 5.87. The number of nitrogens with zero attached hydrogens (tertiary/aromatic N) is 3. The number of hydrogen-bond acceptors (Lipinski definition) is 3. The Kier molecular flexibility index (Phi) is 3.76. The molecule has 0 amide bonds. The van der Waals surface area contributed by atoms with Crippen molar-refractivity contribution in [1.29, 1.82) is 0 Å². The van der Waals surface area contributed by atoms with E-state index in [-0.39, 0.29) is 17.9 Å². The molecule has 0 fully saturated rings. The number of alkyl halides is 3. The van der Waals surface area contributed by atoms with Gasteiger partial charge in [0.05, 0.1) is 12.1 Å². The van der Waals surface area contributed by atoms with Gasteiger partial charge in [-0.25, -0.2) is 4.39 Å². The minimum absolute atomic E-state index is 0.119. The molecule has 2 aromatic rings. The molecule has 8 heteroatoms. The molecule has 0 saturated carbocycles. The van der Waals surface area contributed by atoms with Gasteiger partial charge in [0.1, 0.15) is 11.6 Å². The van der Waals surface area contributed by atoms with Crippen LogP contribution < -0.4 is 5.73 Å². The Labute approximate surface area is 112 Å². The second-order valence-electron chi connectivity index (χ2n) is 4.08. The van der Waals surface area contributed by atoms with E-state index in [1.54, 1.807) is 11.5 Å². The molecular weight excluding hydrogens is 276 g/mol. The summed E-state index contributed by atoms with van der Waals surface area (Å²) in [6.45, 7) is 2.36. The molecule has 1 aromatic carbocycles. The maximum Gasteiger partial charge on any atom is 0.419 e. The molecule has 108 valence electrons. The van der Waals surface area contributed by atoms with Crippen LogP contribution in [0.4, 0.5) is 17.6 Å². The quantitative estimate of drug-likeness (QED) is 0.883. The molecule has 0 spiro atoms. The van der Waals surface area contributed by atoms with E-state index in [4.69, 9.17) is 5.73 Å². The van der Waals surface area contributed by atoms with Gasteiger partial charge < -0.3 is 10.3 Å². The van der Waals surface area contributed by atoms with Gasteiger partial charge in [-0.05, 0) is 25.1 Å². The Morgan fingerprint density at radius 1 is 1.25 bits per heavy atom. The third-order valence-corrected chi connectivity index (χ3v) is 2.86. The Hall–Kier alpha value is -1.96. The van der Waals surface area contributed by atoms with E-state index >= 15 is 0 Å². The second kappa shape index (κ2) is 5.20. The van der Waals surface area contributed by atoms with Crippen LogP contribution in [0.15, 0.2) is 18.2 Å². The summed E-state index contributed by atoms with van der Waals surface area (Å²) in [5, 5.41) is 7.63. The Bertz CT molecular complexity index is 618. The minimum Gasteiger partial charge on any atom is -0.324 e. The van der Waals surface area contributed by atoms with Crippen LogP contribution in [0.5, 0.6) is 0 Å². The van der Waals surface area contributed by atoms with Crippen LogP contribution in [0.3, 0.4) is 0 Å². The fourth-order valence-corrected chi connectivity index (χ4v) is 1.91. The maximum atomic E-state index is 13.3. The highest BCUT2D eigenvalue weighted by atomic mass is 19.4. The van der Waals surface area contributed by atoms with Crippen LogP contribution in [-0.2, 0) is 19.3 Å². The van der Waals surface area contributed by atoms with Crippen molar-refractivity contribution in [3.63, 3.8) is 0 Å². The summed E-state index contributed by atoms with van der Waals surface area (Å²) in [4.78, 5) is 0. The third-order valence-electron chi connectivity index (χ3n) is 2.86. The summed E-state index contributed by atoms with van der Waals surface area (Å²) in [5.41, 5.74) is 4.30.